The minimum absolute atomic E-state index is 0.163. The summed E-state index contributed by atoms with van der Waals surface area (Å²) < 4.78 is 0. The van der Waals surface area contributed by atoms with Gasteiger partial charge in [0.2, 0.25) is 0 Å². The van der Waals surface area contributed by atoms with Gasteiger partial charge in [0.15, 0.2) is 0 Å². The Morgan fingerprint density at radius 1 is 0.538 bits per heavy atom. The third-order valence-corrected chi connectivity index (χ3v) is 5.49. The van der Waals surface area contributed by atoms with Crippen molar-refractivity contribution in [3.05, 3.63) is 95.1 Å². The molecule has 0 saturated heterocycles. The number of hydrogen-bond donors (Lipinski definition) is 2. The smallest absolute Gasteiger partial charge is 0.0317 e. The van der Waals surface area contributed by atoms with Crippen LogP contribution >= 0.6 is 0 Å². The third kappa shape index (κ3) is 3.20. The molecule has 0 heterocycles. The van der Waals surface area contributed by atoms with Crippen LogP contribution < -0.4 is 11.5 Å². The van der Waals surface area contributed by atoms with Crippen LogP contribution in [0.4, 0.5) is 11.4 Å². The van der Waals surface area contributed by atoms with Crippen molar-refractivity contribution in [1.29, 1.82) is 0 Å². The van der Waals surface area contributed by atoms with Crippen LogP contribution in [0.3, 0.4) is 0 Å². The average molecular weight is 345 g/mol. The Morgan fingerprint density at radius 3 is 1.27 bits per heavy atom. The zero-order chi connectivity index (χ0) is 18.9. The fraction of sp³-hybridized carbons (Fsp3) is 0.250. The molecule has 0 radical (unpaired) electrons. The first kappa shape index (κ1) is 18.1. The highest BCUT2D eigenvalue weighted by molar-refractivity contribution is 5.53. The van der Waals surface area contributed by atoms with Crippen molar-refractivity contribution in [2.24, 2.45) is 0 Å². The molecule has 0 spiro atoms. The SMILES string of the molecule is CC(C)(c1cccc(N)c1)c1ccccc1C(C)(C)c1cccc(N)c1. The zero-order valence-corrected chi connectivity index (χ0v) is 16.1. The zero-order valence-electron chi connectivity index (χ0n) is 16.1. The van der Waals surface area contributed by atoms with E-state index >= 15 is 0 Å². The van der Waals surface area contributed by atoms with Crippen LogP contribution in [0.2, 0.25) is 0 Å². The molecule has 0 unspecified atom stereocenters. The molecule has 3 aromatic rings. The van der Waals surface area contributed by atoms with Crippen molar-refractivity contribution >= 4 is 11.4 Å². The summed E-state index contributed by atoms with van der Waals surface area (Å²) in [5.41, 5.74) is 18.4. The summed E-state index contributed by atoms with van der Waals surface area (Å²) in [6, 6.07) is 25.1. The highest BCUT2D eigenvalue weighted by Gasteiger charge is 2.32. The van der Waals surface area contributed by atoms with Gasteiger partial charge >= 0.3 is 0 Å². The molecule has 3 rings (SSSR count). The van der Waals surface area contributed by atoms with E-state index in [1.54, 1.807) is 0 Å². The number of benzene rings is 3. The molecule has 0 amide bonds. The topological polar surface area (TPSA) is 52.0 Å². The summed E-state index contributed by atoms with van der Waals surface area (Å²) in [7, 11) is 0. The third-order valence-electron chi connectivity index (χ3n) is 5.49. The van der Waals surface area contributed by atoms with Crippen LogP contribution in [0, 0.1) is 0 Å². The molecule has 3 aromatic carbocycles. The molecule has 0 aliphatic rings. The van der Waals surface area contributed by atoms with Gasteiger partial charge in [0, 0.05) is 22.2 Å². The maximum absolute atomic E-state index is 6.05. The lowest BCUT2D eigenvalue weighted by molar-refractivity contribution is 0.579. The summed E-state index contributed by atoms with van der Waals surface area (Å²) in [5.74, 6) is 0. The molecule has 2 nitrogen and oxygen atoms in total. The summed E-state index contributed by atoms with van der Waals surface area (Å²) in [6.45, 7) is 9.04. The van der Waals surface area contributed by atoms with Gasteiger partial charge in [-0.25, -0.2) is 0 Å². The van der Waals surface area contributed by atoms with Crippen molar-refractivity contribution < 1.29 is 0 Å². The Hall–Kier alpha value is -2.74. The fourth-order valence-corrected chi connectivity index (χ4v) is 3.74. The molecular formula is C24H28N2. The van der Waals surface area contributed by atoms with E-state index in [2.05, 4.69) is 76.2 Å². The first-order valence-corrected chi connectivity index (χ1v) is 9.05. The van der Waals surface area contributed by atoms with Gasteiger partial charge in [-0.05, 0) is 46.5 Å². The molecule has 0 saturated carbocycles. The van der Waals surface area contributed by atoms with Gasteiger partial charge in [-0.2, -0.15) is 0 Å². The van der Waals surface area contributed by atoms with Gasteiger partial charge in [-0.15, -0.1) is 0 Å². The Balaban J connectivity index is 2.17. The lowest BCUT2D eigenvalue weighted by Gasteiger charge is -2.35. The normalized spacial score (nSPS) is 12.2. The highest BCUT2D eigenvalue weighted by Crippen LogP contribution is 2.41. The first-order chi connectivity index (χ1) is 12.2. The lowest BCUT2D eigenvalue weighted by atomic mass is 9.68. The molecule has 134 valence electrons. The van der Waals surface area contributed by atoms with E-state index in [9.17, 15) is 0 Å². The fourth-order valence-electron chi connectivity index (χ4n) is 3.74. The maximum Gasteiger partial charge on any atom is 0.0317 e. The largest absolute Gasteiger partial charge is 0.399 e. The maximum atomic E-state index is 6.05. The monoisotopic (exact) mass is 344 g/mol. The van der Waals surface area contributed by atoms with Crippen LogP contribution in [-0.4, -0.2) is 0 Å². The predicted molar refractivity (Wildman–Crippen MR) is 112 cm³/mol. The summed E-state index contributed by atoms with van der Waals surface area (Å²) in [5, 5.41) is 0. The van der Waals surface area contributed by atoms with E-state index in [1.165, 1.54) is 22.3 Å². The predicted octanol–water partition coefficient (Wildman–Crippen LogP) is 5.50. The molecule has 26 heavy (non-hydrogen) atoms. The van der Waals surface area contributed by atoms with E-state index in [1.807, 2.05) is 24.3 Å². The van der Waals surface area contributed by atoms with Gasteiger partial charge in [0.25, 0.3) is 0 Å². The average Bonchev–Trinajstić information content (AvgIpc) is 2.62. The van der Waals surface area contributed by atoms with Gasteiger partial charge in [-0.1, -0.05) is 76.2 Å². The molecule has 0 aliphatic carbocycles. The Kier molecular flexibility index (Phi) is 4.53. The Morgan fingerprint density at radius 2 is 0.923 bits per heavy atom. The van der Waals surface area contributed by atoms with Crippen molar-refractivity contribution in [1.82, 2.24) is 0 Å². The van der Waals surface area contributed by atoms with Crippen LogP contribution in [0.15, 0.2) is 72.8 Å². The molecule has 0 aromatic heterocycles. The van der Waals surface area contributed by atoms with E-state index in [0.717, 1.165) is 11.4 Å². The molecular weight excluding hydrogens is 316 g/mol. The van der Waals surface area contributed by atoms with Crippen LogP contribution in [0.25, 0.3) is 0 Å². The number of nitrogens with two attached hydrogens (primary N) is 2. The standard InChI is InChI=1S/C24H28N2/c1-23(2,17-9-7-11-19(25)15-17)21-13-5-6-14-22(21)24(3,4)18-10-8-12-20(26)16-18/h5-16H,25-26H2,1-4H3. The molecule has 0 atom stereocenters. The molecule has 0 fully saturated rings. The van der Waals surface area contributed by atoms with Gasteiger partial charge < -0.3 is 11.5 Å². The van der Waals surface area contributed by atoms with Crippen molar-refractivity contribution in [3.63, 3.8) is 0 Å². The number of rotatable bonds is 4. The number of nitrogen functional groups attached to an aromatic ring is 2. The van der Waals surface area contributed by atoms with E-state index in [4.69, 9.17) is 11.5 Å². The Bertz CT molecular complexity index is 846. The van der Waals surface area contributed by atoms with Crippen molar-refractivity contribution in [3.8, 4) is 0 Å². The van der Waals surface area contributed by atoms with E-state index in [0.29, 0.717) is 0 Å². The minimum Gasteiger partial charge on any atom is -0.399 e. The van der Waals surface area contributed by atoms with Crippen molar-refractivity contribution in [2.75, 3.05) is 11.5 Å². The van der Waals surface area contributed by atoms with Crippen molar-refractivity contribution in [2.45, 2.75) is 38.5 Å². The molecule has 0 bridgehead atoms. The highest BCUT2D eigenvalue weighted by atomic mass is 14.5. The lowest BCUT2D eigenvalue weighted by Crippen LogP contribution is -2.28. The molecule has 0 aliphatic heterocycles. The van der Waals surface area contributed by atoms with Gasteiger partial charge in [-0.3, -0.25) is 0 Å². The molecule has 4 N–H and O–H groups in total. The summed E-state index contributed by atoms with van der Waals surface area (Å²) >= 11 is 0. The van der Waals surface area contributed by atoms with Crippen LogP contribution in [0.5, 0.6) is 0 Å². The molecule has 2 heteroatoms. The van der Waals surface area contributed by atoms with E-state index < -0.39 is 0 Å². The van der Waals surface area contributed by atoms with Crippen LogP contribution in [-0.2, 0) is 10.8 Å². The van der Waals surface area contributed by atoms with Gasteiger partial charge in [0.05, 0.1) is 0 Å². The van der Waals surface area contributed by atoms with E-state index in [-0.39, 0.29) is 10.8 Å². The van der Waals surface area contributed by atoms with Gasteiger partial charge in [0.1, 0.15) is 0 Å². The first-order valence-electron chi connectivity index (χ1n) is 9.05. The Labute approximate surface area is 156 Å². The number of hydrogen-bond acceptors (Lipinski definition) is 2. The quantitative estimate of drug-likeness (QED) is 0.614. The van der Waals surface area contributed by atoms with Crippen LogP contribution in [0.1, 0.15) is 49.9 Å². The second-order valence-corrected chi connectivity index (χ2v) is 8.05. The second kappa shape index (κ2) is 6.53. The minimum atomic E-state index is -0.163. The second-order valence-electron chi connectivity index (χ2n) is 8.05. The number of anilines is 2. The summed E-state index contributed by atoms with van der Waals surface area (Å²) in [6.07, 6.45) is 0. The summed E-state index contributed by atoms with van der Waals surface area (Å²) in [4.78, 5) is 0.